The van der Waals surface area contributed by atoms with Crippen molar-refractivity contribution in [2.24, 2.45) is 4.99 Å². The number of benzene rings is 1. The Balaban J connectivity index is 0.00000364. The Kier molecular flexibility index (Phi) is 12.2. The Morgan fingerprint density at radius 2 is 1.89 bits per heavy atom. The fourth-order valence-corrected chi connectivity index (χ4v) is 3.02. The molecule has 2 N–H and O–H groups in total. The minimum Gasteiger partial charge on any atom is -0.493 e. The van der Waals surface area contributed by atoms with E-state index in [4.69, 9.17) is 14.2 Å². The predicted octanol–water partition coefficient (Wildman–Crippen LogP) is 3.59. The van der Waals surface area contributed by atoms with E-state index in [9.17, 15) is 0 Å². The van der Waals surface area contributed by atoms with Gasteiger partial charge in [-0.05, 0) is 38.3 Å². The lowest BCUT2D eigenvalue weighted by Gasteiger charge is -2.19. The molecular formula is C20H34IN3O3. The zero-order chi connectivity index (χ0) is 18.6. The highest BCUT2D eigenvalue weighted by molar-refractivity contribution is 14.0. The second kappa shape index (κ2) is 13.9. The van der Waals surface area contributed by atoms with Crippen LogP contribution in [0, 0.1) is 0 Å². The first kappa shape index (κ1) is 23.8. The Labute approximate surface area is 180 Å². The molecule has 0 saturated heterocycles. The highest BCUT2D eigenvalue weighted by Crippen LogP contribution is 2.26. The Hall–Kier alpha value is -1.22. The fourth-order valence-electron chi connectivity index (χ4n) is 3.02. The van der Waals surface area contributed by atoms with Crippen molar-refractivity contribution in [3.63, 3.8) is 0 Å². The average Bonchev–Trinajstić information content (AvgIpc) is 3.18. The summed E-state index contributed by atoms with van der Waals surface area (Å²) in [5.41, 5.74) is 0. The summed E-state index contributed by atoms with van der Waals surface area (Å²) in [5, 5.41) is 6.61. The van der Waals surface area contributed by atoms with E-state index in [1.165, 1.54) is 25.7 Å². The van der Waals surface area contributed by atoms with Crippen molar-refractivity contribution in [1.82, 2.24) is 10.6 Å². The van der Waals surface area contributed by atoms with E-state index < -0.39 is 0 Å². The van der Waals surface area contributed by atoms with Gasteiger partial charge in [0.25, 0.3) is 0 Å². The number of hydrogen-bond donors (Lipinski definition) is 2. The van der Waals surface area contributed by atoms with Gasteiger partial charge >= 0.3 is 0 Å². The molecule has 0 radical (unpaired) electrons. The molecule has 0 bridgehead atoms. The molecular weight excluding hydrogens is 457 g/mol. The van der Waals surface area contributed by atoms with Gasteiger partial charge in [0.1, 0.15) is 6.10 Å². The summed E-state index contributed by atoms with van der Waals surface area (Å²) in [7, 11) is 3.42. The van der Waals surface area contributed by atoms with E-state index in [0.29, 0.717) is 12.6 Å². The molecule has 6 nitrogen and oxygen atoms in total. The van der Waals surface area contributed by atoms with Gasteiger partial charge in [-0.25, -0.2) is 0 Å². The van der Waals surface area contributed by atoms with Crippen LogP contribution in [0.25, 0.3) is 0 Å². The Morgan fingerprint density at radius 1 is 1.19 bits per heavy atom. The van der Waals surface area contributed by atoms with Gasteiger partial charge in [0, 0.05) is 20.2 Å². The topological polar surface area (TPSA) is 64.1 Å². The van der Waals surface area contributed by atoms with Crippen LogP contribution in [0.5, 0.6) is 11.5 Å². The summed E-state index contributed by atoms with van der Waals surface area (Å²) in [6, 6.07) is 7.67. The van der Waals surface area contributed by atoms with Crippen molar-refractivity contribution in [2.75, 3.05) is 33.9 Å². The molecule has 1 fully saturated rings. The number of hydrogen-bond acceptors (Lipinski definition) is 4. The van der Waals surface area contributed by atoms with Crippen LogP contribution in [0.3, 0.4) is 0 Å². The number of para-hydroxylation sites is 2. The molecule has 1 aliphatic carbocycles. The van der Waals surface area contributed by atoms with Gasteiger partial charge in [-0.3, -0.25) is 4.99 Å². The minimum atomic E-state index is -0.0180. The fraction of sp³-hybridized carbons (Fsp3) is 0.650. The number of ether oxygens (including phenoxy) is 3. The molecule has 1 aromatic carbocycles. The highest BCUT2D eigenvalue weighted by atomic mass is 127. The van der Waals surface area contributed by atoms with Crippen molar-refractivity contribution in [3.05, 3.63) is 24.3 Å². The molecule has 0 aromatic heterocycles. The van der Waals surface area contributed by atoms with Gasteiger partial charge in [0.15, 0.2) is 17.5 Å². The Morgan fingerprint density at radius 3 is 2.56 bits per heavy atom. The van der Waals surface area contributed by atoms with E-state index in [0.717, 1.165) is 37.0 Å². The smallest absolute Gasteiger partial charge is 0.191 e. The molecule has 1 saturated carbocycles. The second-order valence-corrected chi connectivity index (χ2v) is 6.59. The summed E-state index contributed by atoms with van der Waals surface area (Å²) >= 11 is 0. The summed E-state index contributed by atoms with van der Waals surface area (Å²) in [6.07, 6.45) is 6.52. The van der Waals surface area contributed by atoms with Crippen LogP contribution < -0.4 is 20.1 Å². The molecule has 0 aliphatic heterocycles. The molecule has 7 heteroatoms. The van der Waals surface area contributed by atoms with Crippen LogP contribution in [0.4, 0.5) is 0 Å². The lowest BCUT2D eigenvalue weighted by atomic mass is 10.3. The van der Waals surface area contributed by atoms with Gasteiger partial charge in [-0.2, -0.15) is 0 Å². The molecule has 27 heavy (non-hydrogen) atoms. The van der Waals surface area contributed by atoms with Crippen molar-refractivity contribution >= 4 is 29.9 Å². The van der Waals surface area contributed by atoms with E-state index >= 15 is 0 Å². The number of halogens is 1. The maximum Gasteiger partial charge on any atom is 0.191 e. The monoisotopic (exact) mass is 491 g/mol. The minimum absolute atomic E-state index is 0. The summed E-state index contributed by atoms with van der Waals surface area (Å²) in [4.78, 5) is 4.25. The predicted molar refractivity (Wildman–Crippen MR) is 121 cm³/mol. The standard InChI is InChI=1S/C20H33N3O3.HI/c1-16(26-19-12-7-6-11-18(19)24-3)15-23-20(21-2)22-13-8-14-25-17-9-4-5-10-17;/h6-7,11-12,16-17H,4-5,8-10,13-15H2,1-3H3,(H2,21,22,23);1H. The molecule has 0 heterocycles. The zero-order valence-corrected chi connectivity index (χ0v) is 19.0. The second-order valence-electron chi connectivity index (χ2n) is 6.59. The average molecular weight is 491 g/mol. The Bertz CT molecular complexity index is 551. The normalized spacial score (nSPS) is 15.7. The van der Waals surface area contributed by atoms with Crippen LogP contribution in [0.1, 0.15) is 39.0 Å². The summed E-state index contributed by atoms with van der Waals surface area (Å²) < 4.78 is 17.1. The van der Waals surface area contributed by atoms with Crippen LogP contribution in [-0.2, 0) is 4.74 Å². The third-order valence-corrected chi connectivity index (χ3v) is 4.45. The van der Waals surface area contributed by atoms with Gasteiger partial charge < -0.3 is 24.8 Å². The SMILES string of the molecule is CN=C(NCCCOC1CCCC1)NCC(C)Oc1ccccc1OC.I. The summed E-state index contributed by atoms with van der Waals surface area (Å²) in [5.74, 6) is 2.27. The number of methoxy groups -OCH3 is 1. The zero-order valence-electron chi connectivity index (χ0n) is 16.7. The quantitative estimate of drug-likeness (QED) is 0.227. The lowest BCUT2D eigenvalue weighted by Crippen LogP contribution is -2.42. The van der Waals surface area contributed by atoms with Crippen LogP contribution in [0.2, 0.25) is 0 Å². The molecule has 1 atom stereocenters. The van der Waals surface area contributed by atoms with Gasteiger partial charge in [0.05, 0.1) is 19.8 Å². The number of aliphatic imine (C=N–C) groups is 1. The molecule has 1 aromatic rings. The first-order chi connectivity index (χ1) is 12.7. The highest BCUT2D eigenvalue weighted by Gasteiger charge is 2.14. The van der Waals surface area contributed by atoms with Crippen molar-refractivity contribution in [3.8, 4) is 11.5 Å². The van der Waals surface area contributed by atoms with Crippen molar-refractivity contribution < 1.29 is 14.2 Å². The first-order valence-electron chi connectivity index (χ1n) is 9.58. The van der Waals surface area contributed by atoms with E-state index in [2.05, 4.69) is 15.6 Å². The molecule has 1 unspecified atom stereocenters. The molecule has 154 valence electrons. The number of guanidine groups is 1. The van der Waals surface area contributed by atoms with E-state index in [-0.39, 0.29) is 30.1 Å². The molecule has 0 amide bonds. The number of nitrogens with one attached hydrogen (secondary N) is 2. The third kappa shape index (κ3) is 9.01. The third-order valence-electron chi connectivity index (χ3n) is 4.45. The number of rotatable bonds is 10. The van der Waals surface area contributed by atoms with E-state index in [1.807, 2.05) is 31.2 Å². The molecule has 0 spiro atoms. The molecule has 2 rings (SSSR count). The lowest BCUT2D eigenvalue weighted by molar-refractivity contribution is 0.0574. The van der Waals surface area contributed by atoms with Crippen LogP contribution in [0.15, 0.2) is 29.3 Å². The number of nitrogens with zero attached hydrogens (tertiary/aromatic N) is 1. The van der Waals surface area contributed by atoms with Crippen molar-refractivity contribution in [1.29, 1.82) is 0 Å². The maximum absolute atomic E-state index is 5.94. The van der Waals surface area contributed by atoms with E-state index in [1.54, 1.807) is 14.2 Å². The van der Waals surface area contributed by atoms with Crippen molar-refractivity contribution in [2.45, 2.75) is 51.2 Å². The first-order valence-corrected chi connectivity index (χ1v) is 9.58. The van der Waals surface area contributed by atoms with Gasteiger partial charge in [0.2, 0.25) is 0 Å². The molecule has 1 aliphatic rings. The summed E-state index contributed by atoms with van der Waals surface area (Å²) in [6.45, 7) is 4.31. The van der Waals surface area contributed by atoms with Gasteiger partial charge in [-0.1, -0.05) is 25.0 Å². The van der Waals surface area contributed by atoms with Crippen LogP contribution >= 0.6 is 24.0 Å². The largest absolute Gasteiger partial charge is 0.493 e. The van der Waals surface area contributed by atoms with Gasteiger partial charge in [-0.15, -0.1) is 24.0 Å². The maximum atomic E-state index is 5.94. The van der Waals surface area contributed by atoms with Crippen LogP contribution in [-0.4, -0.2) is 52.0 Å².